The van der Waals surface area contributed by atoms with E-state index < -0.39 is 24.4 Å². The van der Waals surface area contributed by atoms with Crippen molar-refractivity contribution >= 4 is 5.97 Å². The molecule has 0 spiro atoms. The molecule has 0 radical (unpaired) electrons. The Balaban J connectivity index is 3.61. The molecule has 0 saturated carbocycles. The zero-order valence-corrected chi connectivity index (χ0v) is 10.8. The summed E-state index contributed by atoms with van der Waals surface area (Å²) < 4.78 is 40.7. The first-order chi connectivity index (χ1) is 8.02. The first kappa shape index (κ1) is 17.2. The van der Waals surface area contributed by atoms with Gasteiger partial charge in [0, 0.05) is 13.0 Å². The molecular weight excluding hydrogens is 251 g/mol. The van der Waals surface area contributed by atoms with Gasteiger partial charge in [-0.15, -0.1) is 0 Å². The number of nitrogens with one attached hydrogen (secondary N) is 1. The maximum Gasteiger partial charge on any atom is 0.415 e. The lowest BCUT2D eigenvalue weighted by molar-refractivity contribution is -0.201. The SMILES string of the molecule is CC(C)(C)OC(=O)CCCNC[C@H](O)C(F)(F)F. The van der Waals surface area contributed by atoms with Crippen LogP contribution in [0.15, 0.2) is 0 Å². The molecule has 0 amide bonds. The van der Waals surface area contributed by atoms with Crippen molar-refractivity contribution in [3.8, 4) is 0 Å². The molecule has 18 heavy (non-hydrogen) atoms. The first-order valence-corrected chi connectivity index (χ1v) is 5.70. The number of hydrogen-bond acceptors (Lipinski definition) is 4. The number of alkyl halides is 3. The summed E-state index contributed by atoms with van der Waals surface area (Å²) in [7, 11) is 0. The van der Waals surface area contributed by atoms with Crippen molar-refractivity contribution in [3.05, 3.63) is 0 Å². The van der Waals surface area contributed by atoms with Crippen molar-refractivity contribution in [1.29, 1.82) is 0 Å². The molecule has 0 aromatic rings. The van der Waals surface area contributed by atoms with Crippen LogP contribution >= 0.6 is 0 Å². The van der Waals surface area contributed by atoms with Crippen molar-refractivity contribution in [2.24, 2.45) is 0 Å². The lowest BCUT2D eigenvalue weighted by Crippen LogP contribution is -2.38. The van der Waals surface area contributed by atoms with E-state index in [2.05, 4.69) is 5.32 Å². The number of ether oxygens (including phenoxy) is 1. The van der Waals surface area contributed by atoms with Gasteiger partial charge in [-0.05, 0) is 33.7 Å². The van der Waals surface area contributed by atoms with E-state index in [4.69, 9.17) is 9.84 Å². The maximum absolute atomic E-state index is 11.9. The fraction of sp³-hybridized carbons (Fsp3) is 0.909. The number of aliphatic hydroxyl groups is 1. The Hall–Kier alpha value is -0.820. The summed E-state index contributed by atoms with van der Waals surface area (Å²) in [5.74, 6) is -0.388. The van der Waals surface area contributed by atoms with Gasteiger partial charge in [0.05, 0.1) is 0 Å². The summed E-state index contributed by atoms with van der Waals surface area (Å²) >= 11 is 0. The van der Waals surface area contributed by atoms with Gasteiger partial charge in [0.1, 0.15) is 5.60 Å². The van der Waals surface area contributed by atoms with E-state index in [0.29, 0.717) is 6.42 Å². The molecule has 2 N–H and O–H groups in total. The highest BCUT2D eigenvalue weighted by Gasteiger charge is 2.37. The van der Waals surface area contributed by atoms with Crippen LogP contribution in [0, 0.1) is 0 Å². The fourth-order valence-corrected chi connectivity index (χ4v) is 1.10. The van der Waals surface area contributed by atoms with Gasteiger partial charge in [0.2, 0.25) is 0 Å². The molecule has 0 aliphatic carbocycles. The third kappa shape index (κ3) is 9.23. The van der Waals surface area contributed by atoms with Gasteiger partial charge in [-0.2, -0.15) is 13.2 Å². The summed E-state index contributed by atoms with van der Waals surface area (Å²) in [6.45, 7) is 4.86. The minimum Gasteiger partial charge on any atom is -0.460 e. The molecule has 4 nitrogen and oxygen atoms in total. The number of aliphatic hydroxyl groups excluding tert-OH is 1. The van der Waals surface area contributed by atoms with Gasteiger partial charge < -0.3 is 15.2 Å². The highest BCUT2D eigenvalue weighted by atomic mass is 19.4. The summed E-state index contributed by atoms with van der Waals surface area (Å²) in [4.78, 5) is 11.2. The van der Waals surface area contributed by atoms with Crippen LogP contribution in [0.5, 0.6) is 0 Å². The smallest absolute Gasteiger partial charge is 0.415 e. The quantitative estimate of drug-likeness (QED) is 0.569. The van der Waals surface area contributed by atoms with E-state index >= 15 is 0 Å². The Morgan fingerprint density at radius 3 is 2.33 bits per heavy atom. The molecule has 0 aromatic carbocycles. The minimum atomic E-state index is -4.61. The van der Waals surface area contributed by atoms with Gasteiger partial charge in [-0.1, -0.05) is 0 Å². The van der Waals surface area contributed by atoms with E-state index in [1.165, 1.54) is 0 Å². The summed E-state index contributed by atoms with van der Waals surface area (Å²) in [6, 6.07) is 0. The normalized spacial score (nSPS) is 14.4. The summed E-state index contributed by atoms with van der Waals surface area (Å²) in [5.41, 5.74) is -0.559. The van der Waals surface area contributed by atoms with E-state index in [1.807, 2.05) is 0 Å². The van der Waals surface area contributed by atoms with Crippen LogP contribution in [-0.4, -0.2) is 42.0 Å². The molecule has 0 aliphatic heterocycles. The Labute approximate surface area is 105 Å². The van der Waals surface area contributed by atoms with E-state index in [1.54, 1.807) is 20.8 Å². The Morgan fingerprint density at radius 2 is 1.89 bits per heavy atom. The molecule has 0 aliphatic rings. The van der Waals surface area contributed by atoms with Gasteiger partial charge >= 0.3 is 12.1 Å². The Morgan fingerprint density at radius 1 is 1.33 bits per heavy atom. The van der Waals surface area contributed by atoms with Crippen LogP contribution < -0.4 is 5.32 Å². The lowest BCUT2D eigenvalue weighted by Gasteiger charge is -2.19. The summed E-state index contributed by atoms with van der Waals surface area (Å²) in [5, 5.41) is 11.1. The monoisotopic (exact) mass is 271 g/mol. The van der Waals surface area contributed by atoms with Crippen LogP contribution in [0.3, 0.4) is 0 Å². The largest absolute Gasteiger partial charge is 0.460 e. The Kier molecular flexibility index (Phi) is 6.62. The minimum absolute atomic E-state index is 0.131. The predicted molar refractivity (Wildman–Crippen MR) is 60.0 cm³/mol. The zero-order valence-electron chi connectivity index (χ0n) is 10.8. The van der Waals surface area contributed by atoms with Crippen LogP contribution in [0.2, 0.25) is 0 Å². The number of rotatable bonds is 6. The molecule has 1 atom stereocenters. The van der Waals surface area contributed by atoms with Crippen LogP contribution in [0.1, 0.15) is 33.6 Å². The lowest BCUT2D eigenvalue weighted by atomic mass is 10.2. The average Bonchev–Trinajstić information content (AvgIpc) is 2.12. The fourth-order valence-electron chi connectivity index (χ4n) is 1.10. The second-order valence-corrected chi connectivity index (χ2v) is 4.95. The van der Waals surface area contributed by atoms with Gasteiger partial charge in [0.15, 0.2) is 6.10 Å². The number of esters is 1. The highest BCUT2D eigenvalue weighted by Crippen LogP contribution is 2.19. The van der Waals surface area contributed by atoms with E-state index in [0.717, 1.165) is 0 Å². The zero-order chi connectivity index (χ0) is 14.4. The standard InChI is InChI=1S/C11H20F3NO3/c1-10(2,3)18-9(17)5-4-6-15-7-8(16)11(12,13)14/h8,15-16H,4-7H2,1-3H3/t8-/m0/s1. The van der Waals surface area contributed by atoms with Crippen LogP contribution in [0.25, 0.3) is 0 Å². The maximum atomic E-state index is 11.9. The molecule has 0 unspecified atom stereocenters. The molecule has 0 fully saturated rings. The molecule has 0 rings (SSSR count). The summed E-state index contributed by atoms with van der Waals surface area (Å²) in [6.07, 6.45) is -6.50. The molecule has 0 bridgehead atoms. The molecule has 0 saturated heterocycles. The number of carbonyl (C=O) groups excluding carboxylic acids is 1. The predicted octanol–water partition coefficient (Wildman–Crippen LogP) is 1.62. The Bertz CT molecular complexity index is 261. The van der Waals surface area contributed by atoms with Crippen molar-refractivity contribution < 1.29 is 27.8 Å². The second-order valence-electron chi connectivity index (χ2n) is 4.95. The molecular formula is C11H20F3NO3. The average molecular weight is 271 g/mol. The molecule has 0 heterocycles. The van der Waals surface area contributed by atoms with Crippen molar-refractivity contribution in [2.75, 3.05) is 13.1 Å². The first-order valence-electron chi connectivity index (χ1n) is 5.70. The van der Waals surface area contributed by atoms with Crippen LogP contribution in [-0.2, 0) is 9.53 Å². The third-order valence-electron chi connectivity index (χ3n) is 1.87. The molecule has 7 heteroatoms. The number of halogens is 3. The number of hydrogen-bond donors (Lipinski definition) is 2. The van der Waals surface area contributed by atoms with Gasteiger partial charge in [-0.3, -0.25) is 4.79 Å². The number of carbonyl (C=O) groups is 1. The molecule has 0 aromatic heterocycles. The third-order valence-corrected chi connectivity index (χ3v) is 1.87. The van der Waals surface area contributed by atoms with Crippen molar-refractivity contribution in [1.82, 2.24) is 5.32 Å². The topological polar surface area (TPSA) is 58.6 Å². The second kappa shape index (κ2) is 6.94. The molecule has 108 valence electrons. The highest BCUT2D eigenvalue weighted by molar-refractivity contribution is 5.69. The van der Waals surface area contributed by atoms with Gasteiger partial charge in [0.25, 0.3) is 0 Å². The van der Waals surface area contributed by atoms with E-state index in [-0.39, 0.29) is 18.9 Å². The van der Waals surface area contributed by atoms with Crippen LogP contribution in [0.4, 0.5) is 13.2 Å². The van der Waals surface area contributed by atoms with Crippen molar-refractivity contribution in [2.45, 2.75) is 51.5 Å². The van der Waals surface area contributed by atoms with Gasteiger partial charge in [-0.25, -0.2) is 0 Å². The van der Waals surface area contributed by atoms with E-state index in [9.17, 15) is 18.0 Å². The van der Waals surface area contributed by atoms with Crippen molar-refractivity contribution in [3.63, 3.8) is 0 Å².